The van der Waals surface area contributed by atoms with E-state index in [-0.39, 0.29) is 10.7 Å². The fourth-order valence-electron chi connectivity index (χ4n) is 2.62. The normalized spacial score (nSPS) is 14.4. The number of allylic oxidation sites excluding steroid dienone is 1. The van der Waals surface area contributed by atoms with Gasteiger partial charge in [-0.05, 0) is 44.0 Å². The van der Waals surface area contributed by atoms with Gasteiger partial charge in [-0.3, -0.25) is 4.72 Å². The molecule has 148 valence electrons. The summed E-state index contributed by atoms with van der Waals surface area (Å²) in [5, 5.41) is 18.7. The first-order valence-corrected chi connectivity index (χ1v) is 11.2. The van der Waals surface area contributed by atoms with Gasteiger partial charge >= 0.3 is 0 Å². The highest BCUT2D eigenvalue weighted by Gasteiger charge is 2.26. The Hall–Kier alpha value is -3.16. The minimum absolute atomic E-state index is 0.0854. The van der Waals surface area contributed by atoms with Crippen LogP contribution in [0.4, 0.5) is 11.5 Å². The van der Waals surface area contributed by atoms with Gasteiger partial charge in [0.05, 0.1) is 10.6 Å². The number of benzene rings is 1. The van der Waals surface area contributed by atoms with Crippen LogP contribution < -0.4 is 10.0 Å². The summed E-state index contributed by atoms with van der Waals surface area (Å²) < 4.78 is 32.0. The molecule has 4 rings (SSSR count). The maximum Gasteiger partial charge on any atom is 0.263 e. The zero-order valence-electron chi connectivity index (χ0n) is 15.4. The number of anilines is 2. The second kappa shape index (κ2) is 7.69. The number of sulfonamides is 1. The Morgan fingerprint density at radius 3 is 2.72 bits per heavy atom. The summed E-state index contributed by atoms with van der Waals surface area (Å²) >= 11 is 1.45. The van der Waals surface area contributed by atoms with Crippen LogP contribution in [0.25, 0.3) is 5.57 Å². The topological polar surface area (TPSA) is 121 Å². The van der Waals surface area contributed by atoms with Crippen molar-refractivity contribution in [3.63, 3.8) is 0 Å². The maximum atomic E-state index is 12.4. The van der Waals surface area contributed by atoms with Crippen LogP contribution in [0, 0.1) is 18.3 Å². The molecular formula is C19H17N5O3S2. The third-order valence-corrected chi connectivity index (χ3v) is 6.55. The van der Waals surface area contributed by atoms with Crippen molar-refractivity contribution in [1.29, 1.82) is 5.26 Å². The predicted octanol–water partition coefficient (Wildman–Crippen LogP) is 4.09. The lowest BCUT2D eigenvalue weighted by atomic mass is 10.3. The van der Waals surface area contributed by atoms with Crippen LogP contribution in [0.2, 0.25) is 0 Å². The zero-order chi connectivity index (χ0) is 20.4. The van der Waals surface area contributed by atoms with E-state index in [2.05, 4.69) is 26.2 Å². The van der Waals surface area contributed by atoms with Gasteiger partial charge in [0.25, 0.3) is 10.0 Å². The van der Waals surface area contributed by atoms with Gasteiger partial charge in [-0.1, -0.05) is 5.16 Å². The van der Waals surface area contributed by atoms with E-state index in [0.29, 0.717) is 27.9 Å². The van der Waals surface area contributed by atoms with Gasteiger partial charge < -0.3 is 9.84 Å². The molecule has 0 saturated heterocycles. The molecule has 1 aliphatic rings. The molecule has 0 unspecified atom stereocenters. The molecule has 0 bridgehead atoms. The Balaban J connectivity index is 1.45. The molecule has 0 aliphatic heterocycles. The van der Waals surface area contributed by atoms with Gasteiger partial charge in [-0.25, -0.2) is 13.4 Å². The molecule has 29 heavy (non-hydrogen) atoms. The van der Waals surface area contributed by atoms with E-state index >= 15 is 0 Å². The smallest absolute Gasteiger partial charge is 0.263 e. The molecule has 0 spiro atoms. The van der Waals surface area contributed by atoms with Gasteiger partial charge in [0.2, 0.25) is 0 Å². The average molecular weight is 428 g/mol. The largest absolute Gasteiger partial charge is 0.360 e. The number of hydrogen-bond acceptors (Lipinski definition) is 8. The minimum atomic E-state index is -3.77. The Morgan fingerprint density at radius 2 is 2.10 bits per heavy atom. The van der Waals surface area contributed by atoms with Crippen molar-refractivity contribution in [3.05, 3.63) is 58.4 Å². The zero-order valence-corrected chi connectivity index (χ0v) is 17.0. The van der Waals surface area contributed by atoms with Crippen molar-refractivity contribution in [2.45, 2.75) is 30.6 Å². The SMILES string of the molecule is Cc1cc(NS(=O)(=O)c2ccc(N/C=C(/C#N)c3nc(C4CC4)cs3)cc2)no1. The standard InChI is InChI=1S/C19H17N5O3S2/c1-12-8-18(23-27-12)24-29(25,26)16-6-4-15(5-7-16)21-10-14(9-20)19-22-17(11-28-19)13-2-3-13/h4-8,10-11,13,21H,2-3H2,1H3,(H,23,24)/b14-10-. The van der Waals surface area contributed by atoms with E-state index in [0.717, 1.165) is 18.5 Å². The van der Waals surface area contributed by atoms with Gasteiger partial charge in [0.1, 0.15) is 22.4 Å². The Bertz CT molecular complexity index is 1200. The molecule has 2 N–H and O–H groups in total. The number of hydrogen-bond donors (Lipinski definition) is 2. The second-order valence-electron chi connectivity index (χ2n) is 6.62. The van der Waals surface area contributed by atoms with E-state index < -0.39 is 10.0 Å². The third kappa shape index (κ3) is 4.47. The predicted molar refractivity (Wildman–Crippen MR) is 110 cm³/mol. The Morgan fingerprint density at radius 1 is 1.34 bits per heavy atom. The van der Waals surface area contributed by atoms with Crippen LogP contribution >= 0.6 is 11.3 Å². The lowest BCUT2D eigenvalue weighted by Crippen LogP contribution is -2.13. The summed E-state index contributed by atoms with van der Waals surface area (Å²) in [4.78, 5) is 4.62. The Kier molecular flexibility index (Phi) is 5.08. The molecule has 0 amide bonds. The monoisotopic (exact) mass is 427 g/mol. The van der Waals surface area contributed by atoms with Crippen LogP contribution in [0.5, 0.6) is 0 Å². The quantitative estimate of drug-likeness (QED) is 0.545. The molecule has 1 aliphatic carbocycles. The van der Waals surface area contributed by atoms with Crippen molar-refractivity contribution in [2.75, 3.05) is 10.0 Å². The number of nitriles is 1. The lowest BCUT2D eigenvalue weighted by Gasteiger charge is -2.06. The van der Waals surface area contributed by atoms with E-state index in [1.807, 2.05) is 5.38 Å². The molecule has 8 nitrogen and oxygen atoms in total. The molecule has 0 atom stereocenters. The highest BCUT2D eigenvalue weighted by Crippen LogP contribution is 2.40. The van der Waals surface area contributed by atoms with Gasteiger partial charge in [0.15, 0.2) is 5.82 Å². The first-order chi connectivity index (χ1) is 13.9. The molecule has 1 aromatic carbocycles. The number of aromatic nitrogens is 2. The van der Waals surface area contributed by atoms with Gasteiger partial charge in [0, 0.05) is 29.3 Å². The van der Waals surface area contributed by atoms with E-state index in [4.69, 9.17) is 4.52 Å². The highest BCUT2D eigenvalue weighted by molar-refractivity contribution is 7.92. The van der Waals surface area contributed by atoms with Crippen LogP contribution in [0.1, 0.15) is 35.2 Å². The summed E-state index contributed by atoms with van der Waals surface area (Å²) in [5.74, 6) is 1.17. The van der Waals surface area contributed by atoms with Crippen molar-refractivity contribution < 1.29 is 12.9 Å². The fourth-order valence-corrected chi connectivity index (χ4v) is 4.47. The summed E-state index contributed by atoms with van der Waals surface area (Å²) in [6, 6.07) is 9.81. The molecule has 2 aromatic heterocycles. The van der Waals surface area contributed by atoms with E-state index in [1.165, 1.54) is 29.5 Å². The molecule has 2 heterocycles. The maximum absolute atomic E-state index is 12.4. The summed E-state index contributed by atoms with van der Waals surface area (Å²) in [6.07, 6.45) is 3.90. The first-order valence-electron chi connectivity index (χ1n) is 8.83. The number of nitrogens with one attached hydrogen (secondary N) is 2. The van der Waals surface area contributed by atoms with E-state index in [9.17, 15) is 13.7 Å². The molecule has 1 fully saturated rings. The van der Waals surface area contributed by atoms with Crippen molar-refractivity contribution in [1.82, 2.24) is 10.1 Å². The van der Waals surface area contributed by atoms with Crippen molar-refractivity contribution in [2.24, 2.45) is 0 Å². The molecule has 3 aromatic rings. The van der Waals surface area contributed by atoms with E-state index in [1.54, 1.807) is 25.3 Å². The third-order valence-electron chi connectivity index (χ3n) is 4.28. The second-order valence-corrected chi connectivity index (χ2v) is 9.16. The Labute approximate surface area is 171 Å². The van der Waals surface area contributed by atoms with Crippen molar-refractivity contribution in [3.8, 4) is 6.07 Å². The van der Waals surface area contributed by atoms with Crippen LogP contribution in [0.15, 0.2) is 51.3 Å². The number of aryl methyl sites for hydroxylation is 1. The minimum Gasteiger partial charge on any atom is -0.360 e. The van der Waals surface area contributed by atoms with Gasteiger partial charge in [-0.15, -0.1) is 11.3 Å². The van der Waals surface area contributed by atoms with Crippen LogP contribution in [0.3, 0.4) is 0 Å². The highest BCUT2D eigenvalue weighted by atomic mass is 32.2. The lowest BCUT2D eigenvalue weighted by molar-refractivity contribution is 0.400. The number of rotatable bonds is 7. The summed E-state index contributed by atoms with van der Waals surface area (Å²) in [5.41, 5.74) is 2.13. The van der Waals surface area contributed by atoms with Crippen LogP contribution in [-0.4, -0.2) is 18.6 Å². The molecular weight excluding hydrogens is 410 g/mol. The van der Waals surface area contributed by atoms with Crippen LogP contribution in [-0.2, 0) is 10.0 Å². The number of nitrogens with zero attached hydrogens (tertiary/aromatic N) is 3. The average Bonchev–Trinajstić information content (AvgIpc) is 3.30. The van der Waals surface area contributed by atoms with Gasteiger partial charge in [-0.2, -0.15) is 5.26 Å². The summed E-state index contributed by atoms with van der Waals surface area (Å²) in [6.45, 7) is 1.67. The molecule has 10 heteroatoms. The van der Waals surface area contributed by atoms with Crippen molar-refractivity contribution >= 4 is 38.4 Å². The first kappa shape index (κ1) is 19.2. The fraction of sp³-hybridized carbons (Fsp3) is 0.211. The summed E-state index contributed by atoms with van der Waals surface area (Å²) in [7, 11) is -3.77. The molecule has 1 saturated carbocycles. The molecule has 0 radical (unpaired) electrons. The number of thiazole rings is 1.